The lowest BCUT2D eigenvalue weighted by molar-refractivity contribution is -0.135. The number of hydrogen-bond acceptors (Lipinski definition) is 6. The molecule has 2 aromatic heterocycles. The van der Waals surface area contributed by atoms with E-state index in [9.17, 15) is 4.79 Å². The van der Waals surface area contributed by atoms with Gasteiger partial charge in [-0.1, -0.05) is 36.0 Å². The van der Waals surface area contributed by atoms with Crippen molar-refractivity contribution in [3.8, 4) is 0 Å². The molecule has 8 rings (SSSR count). The van der Waals surface area contributed by atoms with Crippen molar-refractivity contribution in [3.63, 3.8) is 0 Å². The van der Waals surface area contributed by atoms with Gasteiger partial charge in [0.05, 0.1) is 11.3 Å². The average molecular weight is 503 g/mol. The van der Waals surface area contributed by atoms with Crippen molar-refractivity contribution >= 4 is 39.7 Å². The third kappa shape index (κ3) is 3.76. The molecule has 36 heavy (non-hydrogen) atoms. The Hall–Kier alpha value is -2.45. The fourth-order valence-electron chi connectivity index (χ4n) is 8.16. The summed E-state index contributed by atoms with van der Waals surface area (Å²) >= 11 is 1.39. The van der Waals surface area contributed by atoms with Crippen LogP contribution in [0.1, 0.15) is 38.5 Å². The summed E-state index contributed by atoms with van der Waals surface area (Å²) in [7, 11) is 0. The summed E-state index contributed by atoms with van der Waals surface area (Å²) in [5.74, 6) is 3.42. The normalized spacial score (nSPS) is 29.9. The van der Waals surface area contributed by atoms with E-state index in [1.807, 2.05) is 29.2 Å². The number of aromatic nitrogens is 4. The molecule has 0 N–H and O–H groups in total. The Kier molecular flexibility index (Phi) is 5.58. The molecule has 4 bridgehead atoms. The standard InChI is InChI=1S/C28H34N6OS/c1-2-7-34-23-6-4-3-5-22(23)25-26(34)29-27(31-30-25)36-18-24(35)32-8-10-33(11-9-32)28-15-19-12-20(16-28)14-21(13-19)17-28/h2-6,19-21H,1,7-18H2. The lowest BCUT2D eigenvalue weighted by atomic mass is 9.52. The van der Waals surface area contributed by atoms with Gasteiger partial charge in [-0.15, -0.1) is 16.8 Å². The first-order valence-electron chi connectivity index (χ1n) is 13.5. The molecule has 5 aliphatic rings. The smallest absolute Gasteiger partial charge is 0.233 e. The molecule has 0 atom stereocenters. The van der Waals surface area contributed by atoms with Crippen molar-refractivity contribution < 1.29 is 4.79 Å². The fourth-order valence-corrected chi connectivity index (χ4v) is 8.85. The number of allylic oxidation sites excluding steroid dienone is 1. The van der Waals surface area contributed by atoms with Crippen LogP contribution in [0.4, 0.5) is 0 Å². The third-order valence-corrected chi connectivity index (χ3v) is 10.1. The molecule has 0 radical (unpaired) electrons. The van der Waals surface area contributed by atoms with Crippen LogP contribution in [0.2, 0.25) is 0 Å². The minimum atomic E-state index is 0.181. The molecule has 1 amide bonds. The minimum Gasteiger partial charge on any atom is -0.339 e. The Bertz CT molecular complexity index is 1290. The Balaban J connectivity index is 1.00. The molecule has 4 aliphatic carbocycles. The molecule has 1 aromatic carbocycles. The van der Waals surface area contributed by atoms with Gasteiger partial charge in [-0.2, -0.15) is 0 Å². The van der Waals surface area contributed by atoms with Crippen LogP contribution in [-0.4, -0.2) is 72.9 Å². The van der Waals surface area contributed by atoms with E-state index in [0.29, 0.717) is 23.0 Å². The van der Waals surface area contributed by atoms with Gasteiger partial charge in [0.1, 0.15) is 5.52 Å². The van der Waals surface area contributed by atoms with Gasteiger partial charge in [-0.05, 0) is 62.3 Å². The lowest BCUT2D eigenvalue weighted by Crippen LogP contribution is -2.64. The van der Waals surface area contributed by atoms with E-state index in [-0.39, 0.29) is 5.91 Å². The van der Waals surface area contributed by atoms with Crippen LogP contribution in [0.5, 0.6) is 0 Å². The Morgan fingerprint density at radius 3 is 2.42 bits per heavy atom. The second-order valence-corrected chi connectivity index (χ2v) is 12.4. The number of carbonyl (C=O) groups is 1. The van der Waals surface area contributed by atoms with Crippen molar-refractivity contribution in [1.29, 1.82) is 0 Å². The van der Waals surface area contributed by atoms with Crippen LogP contribution in [0.25, 0.3) is 22.1 Å². The number of benzene rings is 1. The molecule has 0 spiro atoms. The molecule has 0 unspecified atom stereocenters. The molecular formula is C28H34N6OS. The topological polar surface area (TPSA) is 67.2 Å². The predicted molar refractivity (Wildman–Crippen MR) is 143 cm³/mol. The van der Waals surface area contributed by atoms with Crippen molar-refractivity contribution in [2.45, 2.75) is 55.8 Å². The summed E-state index contributed by atoms with van der Waals surface area (Å²) in [5.41, 5.74) is 3.11. The van der Waals surface area contributed by atoms with Crippen molar-refractivity contribution in [2.75, 3.05) is 31.9 Å². The molecule has 7 nitrogen and oxygen atoms in total. The van der Waals surface area contributed by atoms with E-state index >= 15 is 0 Å². The van der Waals surface area contributed by atoms with E-state index in [0.717, 1.165) is 66.0 Å². The molecule has 5 fully saturated rings. The number of rotatable bonds is 6. The lowest BCUT2D eigenvalue weighted by Gasteiger charge is -2.61. The largest absolute Gasteiger partial charge is 0.339 e. The Morgan fingerprint density at radius 1 is 1.03 bits per heavy atom. The van der Waals surface area contributed by atoms with E-state index in [2.05, 4.69) is 32.3 Å². The zero-order valence-electron chi connectivity index (χ0n) is 20.8. The van der Waals surface area contributed by atoms with Crippen LogP contribution in [-0.2, 0) is 11.3 Å². The second kappa shape index (κ2) is 8.84. The first-order valence-corrected chi connectivity index (χ1v) is 14.5. The predicted octanol–water partition coefficient (Wildman–Crippen LogP) is 4.37. The minimum absolute atomic E-state index is 0.181. The number of hydrogen-bond donors (Lipinski definition) is 0. The molecule has 8 heteroatoms. The number of thioether (sulfide) groups is 1. The molecule has 3 heterocycles. The molecular weight excluding hydrogens is 468 g/mol. The van der Waals surface area contributed by atoms with Gasteiger partial charge in [0, 0.05) is 43.6 Å². The second-order valence-electron chi connectivity index (χ2n) is 11.5. The molecule has 188 valence electrons. The van der Waals surface area contributed by atoms with Gasteiger partial charge in [-0.25, -0.2) is 4.98 Å². The first kappa shape index (κ1) is 22.7. The first-order chi connectivity index (χ1) is 17.6. The Labute approximate surface area is 216 Å². The van der Waals surface area contributed by atoms with Gasteiger partial charge in [0.15, 0.2) is 5.65 Å². The highest BCUT2D eigenvalue weighted by molar-refractivity contribution is 7.99. The van der Waals surface area contributed by atoms with E-state index in [4.69, 9.17) is 4.98 Å². The van der Waals surface area contributed by atoms with E-state index in [1.165, 1.54) is 50.3 Å². The number of piperazine rings is 1. The number of amides is 1. The number of nitrogens with zero attached hydrogens (tertiary/aromatic N) is 6. The van der Waals surface area contributed by atoms with Crippen LogP contribution in [0.3, 0.4) is 0 Å². The summed E-state index contributed by atoms with van der Waals surface area (Å²) in [5, 5.41) is 10.4. The molecule has 1 aliphatic heterocycles. The van der Waals surface area contributed by atoms with Crippen molar-refractivity contribution in [3.05, 3.63) is 36.9 Å². The van der Waals surface area contributed by atoms with E-state index in [1.54, 1.807) is 0 Å². The maximum atomic E-state index is 13.1. The Morgan fingerprint density at radius 2 is 1.72 bits per heavy atom. The average Bonchev–Trinajstić information content (AvgIpc) is 3.20. The third-order valence-electron chi connectivity index (χ3n) is 9.30. The van der Waals surface area contributed by atoms with Gasteiger partial charge in [0.2, 0.25) is 11.1 Å². The van der Waals surface area contributed by atoms with Crippen LogP contribution < -0.4 is 0 Å². The molecule has 1 saturated heterocycles. The van der Waals surface area contributed by atoms with Gasteiger partial charge < -0.3 is 9.47 Å². The quantitative estimate of drug-likeness (QED) is 0.368. The highest BCUT2D eigenvalue weighted by atomic mass is 32.2. The van der Waals surface area contributed by atoms with Gasteiger partial charge in [-0.3, -0.25) is 9.69 Å². The highest BCUT2D eigenvalue weighted by Gasteiger charge is 2.53. The zero-order valence-corrected chi connectivity index (χ0v) is 21.6. The summed E-state index contributed by atoms with van der Waals surface area (Å²) in [6.45, 7) is 8.27. The molecule has 4 saturated carbocycles. The monoisotopic (exact) mass is 502 g/mol. The highest BCUT2D eigenvalue weighted by Crippen LogP contribution is 2.57. The van der Waals surface area contributed by atoms with Crippen LogP contribution >= 0.6 is 11.8 Å². The summed E-state index contributed by atoms with van der Waals surface area (Å²) in [6.07, 6.45) is 10.5. The van der Waals surface area contributed by atoms with Crippen molar-refractivity contribution in [1.82, 2.24) is 29.5 Å². The maximum absolute atomic E-state index is 13.1. The summed E-state index contributed by atoms with van der Waals surface area (Å²) in [4.78, 5) is 22.7. The van der Waals surface area contributed by atoms with Crippen LogP contribution in [0, 0.1) is 17.8 Å². The zero-order chi connectivity index (χ0) is 24.3. The van der Waals surface area contributed by atoms with E-state index < -0.39 is 0 Å². The van der Waals surface area contributed by atoms with Gasteiger partial charge in [0.25, 0.3) is 0 Å². The number of fused-ring (bicyclic) bond motifs is 3. The van der Waals surface area contributed by atoms with Crippen LogP contribution in [0.15, 0.2) is 42.1 Å². The van der Waals surface area contributed by atoms with Gasteiger partial charge >= 0.3 is 0 Å². The van der Waals surface area contributed by atoms with Crippen molar-refractivity contribution in [2.24, 2.45) is 17.8 Å². The maximum Gasteiger partial charge on any atom is 0.233 e. The summed E-state index contributed by atoms with van der Waals surface area (Å²) in [6, 6.07) is 8.14. The number of carbonyl (C=O) groups excluding carboxylic acids is 1. The SMILES string of the molecule is C=CCn1c2ccccc2c2nnc(SCC(=O)N3CCN(C45CC6CC(CC(C6)C4)C5)CC3)nc21. The summed E-state index contributed by atoms with van der Waals surface area (Å²) < 4.78 is 2.11. The number of para-hydroxylation sites is 1. The molecule has 3 aromatic rings. The fraction of sp³-hybridized carbons (Fsp3) is 0.571.